The van der Waals surface area contributed by atoms with Crippen molar-refractivity contribution in [2.45, 2.75) is 19.6 Å². The molecule has 0 radical (unpaired) electrons. The van der Waals surface area contributed by atoms with Crippen molar-refractivity contribution in [2.75, 3.05) is 33.3 Å². The lowest BCUT2D eigenvalue weighted by Gasteiger charge is -2.35. The highest BCUT2D eigenvalue weighted by Gasteiger charge is 2.28. The number of nitrogens with zero attached hydrogens (tertiary/aromatic N) is 2. The number of piperazine rings is 1. The van der Waals surface area contributed by atoms with Crippen LogP contribution in [0.4, 0.5) is 0 Å². The van der Waals surface area contributed by atoms with Crippen LogP contribution in [-0.2, 0) is 16.1 Å². The molecule has 1 unspecified atom stereocenters. The molecule has 6 heteroatoms. The summed E-state index contributed by atoms with van der Waals surface area (Å²) in [7, 11) is 1.50. The molecule has 1 amide bonds. The van der Waals surface area contributed by atoms with Crippen LogP contribution in [0.3, 0.4) is 0 Å². The zero-order chi connectivity index (χ0) is 19.9. The number of hydrogen-bond acceptors (Lipinski definition) is 5. The predicted molar refractivity (Wildman–Crippen MR) is 106 cm³/mol. The van der Waals surface area contributed by atoms with Crippen LogP contribution < -0.4 is 4.74 Å². The molecule has 0 spiro atoms. The maximum Gasteiger partial charge on any atom is 0.342 e. The van der Waals surface area contributed by atoms with Crippen molar-refractivity contribution in [3.05, 3.63) is 65.7 Å². The van der Waals surface area contributed by atoms with E-state index in [0.29, 0.717) is 24.4 Å². The molecule has 1 saturated heterocycles. The summed E-state index contributed by atoms with van der Waals surface area (Å²) in [4.78, 5) is 29.2. The van der Waals surface area contributed by atoms with Crippen LogP contribution in [0, 0.1) is 0 Å². The van der Waals surface area contributed by atoms with E-state index in [1.54, 1.807) is 36.1 Å². The van der Waals surface area contributed by atoms with Gasteiger partial charge in [-0.15, -0.1) is 0 Å². The van der Waals surface area contributed by atoms with Crippen molar-refractivity contribution in [2.24, 2.45) is 0 Å². The molecule has 0 N–H and O–H groups in total. The Bertz CT molecular complexity index is 801. The molecule has 2 aromatic rings. The van der Waals surface area contributed by atoms with Crippen LogP contribution in [0.15, 0.2) is 54.6 Å². The first-order chi connectivity index (χ1) is 13.6. The van der Waals surface area contributed by atoms with Crippen LogP contribution in [-0.4, -0.2) is 61.1 Å². The van der Waals surface area contributed by atoms with E-state index in [0.717, 1.165) is 19.6 Å². The fraction of sp³-hybridized carbons (Fsp3) is 0.364. The first kappa shape index (κ1) is 19.9. The number of carbonyl (C=O) groups is 2. The lowest BCUT2D eigenvalue weighted by Crippen LogP contribution is -2.51. The van der Waals surface area contributed by atoms with Crippen molar-refractivity contribution in [1.82, 2.24) is 9.80 Å². The number of para-hydroxylation sites is 1. The number of methoxy groups -OCH3 is 1. The minimum absolute atomic E-state index is 0.164. The number of ether oxygens (including phenoxy) is 2. The summed E-state index contributed by atoms with van der Waals surface area (Å²) in [6, 6.07) is 17.1. The molecule has 28 heavy (non-hydrogen) atoms. The van der Waals surface area contributed by atoms with Crippen LogP contribution in [0.2, 0.25) is 0 Å². The first-order valence-corrected chi connectivity index (χ1v) is 9.47. The summed E-state index contributed by atoms with van der Waals surface area (Å²) < 4.78 is 10.6. The zero-order valence-corrected chi connectivity index (χ0v) is 16.3. The SMILES string of the molecule is COc1ccccc1C(=O)OC(C)C(=O)N1CCN(Cc2ccccc2)CC1. The minimum atomic E-state index is -0.835. The van der Waals surface area contributed by atoms with Crippen molar-refractivity contribution in [3.63, 3.8) is 0 Å². The Morgan fingerprint density at radius 2 is 1.61 bits per heavy atom. The van der Waals surface area contributed by atoms with E-state index in [-0.39, 0.29) is 5.91 Å². The Hall–Kier alpha value is -2.86. The molecule has 3 rings (SSSR count). The average molecular weight is 382 g/mol. The van der Waals surface area contributed by atoms with E-state index in [1.165, 1.54) is 12.7 Å². The predicted octanol–water partition coefficient (Wildman–Crippen LogP) is 2.58. The highest BCUT2D eigenvalue weighted by molar-refractivity contribution is 5.94. The van der Waals surface area contributed by atoms with E-state index in [1.807, 2.05) is 18.2 Å². The van der Waals surface area contributed by atoms with E-state index in [2.05, 4.69) is 17.0 Å². The van der Waals surface area contributed by atoms with Crippen LogP contribution >= 0.6 is 0 Å². The number of esters is 1. The number of carbonyl (C=O) groups excluding carboxylic acids is 2. The quantitative estimate of drug-likeness (QED) is 0.719. The number of rotatable bonds is 6. The van der Waals surface area contributed by atoms with E-state index < -0.39 is 12.1 Å². The van der Waals surface area contributed by atoms with Gasteiger partial charge in [0.1, 0.15) is 11.3 Å². The van der Waals surface area contributed by atoms with Gasteiger partial charge in [0.05, 0.1) is 7.11 Å². The fourth-order valence-electron chi connectivity index (χ4n) is 3.31. The van der Waals surface area contributed by atoms with Crippen molar-refractivity contribution >= 4 is 11.9 Å². The standard InChI is InChI=1S/C22H26N2O4/c1-17(28-22(26)19-10-6-7-11-20(19)27-2)21(25)24-14-12-23(13-15-24)16-18-8-4-3-5-9-18/h3-11,17H,12-16H2,1-2H3. The largest absolute Gasteiger partial charge is 0.496 e. The highest BCUT2D eigenvalue weighted by atomic mass is 16.5. The van der Waals surface area contributed by atoms with E-state index in [9.17, 15) is 9.59 Å². The summed E-state index contributed by atoms with van der Waals surface area (Å²) in [5, 5.41) is 0. The van der Waals surface area contributed by atoms with Gasteiger partial charge in [-0.2, -0.15) is 0 Å². The Morgan fingerprint density at radius 3 is 2.29 bits per heavy atom. The monoisotopic (exact) mass is 382 g/mol. The third kappa shape index (κ3) is 4.89. The van der Waals surface area contributed by atoms with Crippen LogP contribution in [0.25, 0.3) is 0 Å². The average Bonchev–Trinajstić information content (AvgIpc) is 2.74. The maximum absolute atomic E-state index is 12.7. The summed E-state index contributed by atoms with van der Waals surface area (Å²) in [6.07, 6.45) is -0.835. The van der Waals surface area contributed by atoms with Gasteiger partial charge in [0.25, 0.3) is 5.91 Å². The van der Waals surface area contributed by atoms with Crippen molar-refractivity contribution in [3.8, 4) is 5.75 Å². The summed E-state index contributed by atoms with van der Waals surface area (Å²) >= 11 is 0. The van der Waals surface area contributed by atoms with Crippen LogP contribution in [0.5, 0.6) is 5.75 Å². The molecule has 0 aromatic heterocycles. The lowest BCUT2D eigenvalue weighted by molar-refractivity contribution is -0.141. The Kier molecular flexibility index (Phi) is 6.66. The Morgan fingerprint density at radius 1 is 0.964 bits per heavy atom. The van der Waals surface area contributed by atoms with Gasteiger partial charge in [0, 0.05) is 32.7 Å². The minimum Gasteiger partial charge on any atom is -0.496 e. The van der Waals surface area contributed by atoms with Gasteiger partial charge < -0.3 is 14.4 Å². The van der Waals surface area contributed by atoms with Gasteiger partial charge in [0.2, 0.25) is 0 Å². The molecule has 1 aliphatic heterocycles. The van der Waals surface area contributed by atoms with Gasteiger partial charge in [-0.05, 0) is 24.6 Å². The molecule has 2 aromatic carbocycles. The summed E-state index contributed by atoms with van der Waals surface area (Å²) in [5.74, 6) is -0.287. The molecule has 6 nitrogen and oxygen atoms in total. The number of hydrogen-bond donors (Lipinski definition) is 0. The second-order valence-corrected chi connectivity index (χ2v) is 6.83. The maximum atomic E-state index is 12.7. The fourth-order valence-corrected chi connectivity index (χ4v) is 3.31. The second-order valence-electron chi connectivity index (χ2n) is 6.83. The van der Waals surface area contributed by atoms with Gasteiger partial charge in [-0.3, -0.25) is 9.69 Å². The molecular formula is C22H26N2O4. The smallest absolute Gasteiger partial charge is 0.342 e. The Labute approximate surface area is 165 Å². The van der Waals surface area contributed by atoms with Gasteiger partial charge in [0.15, 0.2) is 6.10 Å². The molecule has 1 fully saturated rings. The molecule has 0 bridgehead atoms. The molecule has 148 valence electrons. The lowest BCUT2D eigenvalue weighted by atomic mass is 10.2. The van der Waals surface area contributed by atoms with Gasteiger partial charge in [-0.25, -0.2) is 4.79 Å². The van der Waals surface area contributed by atoms with E-state index in [4.69, 9.17) is 9.47 Å². The molecule has 1 heterocycles. The normalized spacial score (nSPS) is 15.7. The zero-order valence-electron chi connectivity index (χ0n) is 16.3. The number of benzene rings is 2. The third-order valence-electron chi connectivity index (χ3n) is 4.89. The summed E-state index contributed by atoms with van der Waals surface area (Å²) in [5.41, 5.74) is 1.58. The van der Waals surface area contributed by atoms with Gasteiger partial charge >= 0.3 is 5.97 Å². The van der Waals surface area contributed by atoms with Crippen molar-refractivity contribution in [1.29, 1.82) is 0 Å². The van der Waals surface area contributed by atoms with E-state index >= 15 is 0 Å². The third-order valence-corrected chi connectivity index (χ3v) is 4.89. The van der Waals surface area contributed by atoms with Gasteiger partial charge in [-0.1, -0.05) is 42.5 Å². The van der Waals surface area contributed by atoms with Crippen LogP contribution in [0.1, 0.15) is 22.8 Å². The molecule has 0 aliphatic carbocycles. The summed E-state index contributed by atoms with van der Waals surface area (Å²) in [6.45, 7) is 5.35. The number of amides is 1. The Balaban J connectivity index is 1.51. The molecule has 1 atom stereocenters. The van der Waals surface area contributed by atoms with Crippen molar-refractivity contribution < 1.29 is 19.1 Å². The second kappa shape index (κ2) is 9.37. The highest BCUT2D eigenvalue weighted by Crippen LogP contribution is 2.19. The molecule has 1 aliphatic rings. The first-order valence-electron chi connectivity index (χ1n) is 9.47. The molecular weight excluding hydrogens is 356 g/mol. The topological polar surface area (TPSA) is 59.1 Å². The molecule has 0 saturated carbocycles.